The molecule has 1 saturated heterocycles. The van der Waals surface area contributed by atoms with Crippen LogP contribution in [0.2, 0.25) is 0 Å². The van der Waals surface area contributed by atoms with Gasteiger partial charge >= 0.3 is 0 Å². The van der Waals surface area contributed by atoms with Gasteiger partial charge in [-0.25, -0.2) is 0 Å². The molecule has 1 aliphatic rings. The molecule has 0 aliphatic carbocycles. The number of aromatic amines is 1. The standard InChI is InChI=1S/C22H29N3O2/c1-16-5-6-18(22(2,3)4)14-19(16)21(27)25-11-9-24(10-12-25)20(26)13-17-7-8-23-15-17/h5-8,14-15,23H,9-13H2,1-4H3. The second-order valence-corrected chi connectivity index (χ2v) is 8.35. The maximum Gasteiger partial charge on any atom is 0.254 e. The Morgan fingerprint density at radius 2 is 1.70 bits per heavy atom. The molecule has 0 bridgehead atoms. The fourth-order valence-electron chi connectivity index (χ4n) is 3.40. The van der Waals surface area contributed by atoms with E-state index in [0.717, 1.165) is 22.3 Å². The number of nitrogens with zero attached hydrogens (tertiary/aromatic N) is 2. The number of piperazine rings is 1. The van der Waals surface area contributed by atoms with Crippen LogP contribution in [0, 0.1) is 6.92 Å². The van der Waals surface area contributed by atoms with E-state index in [9.17, 15) is 9.59 Å². The van der Waals surface area contributed by atoms with Crippen LogP contribution in [-0.4, -0.2) is 52.8 Å². The topological polar surface area (TPSA) is 56.4 Å². The van der Waals surface area contributed by atoms with Crippen LogP contribution in [-0.2, 0) is 16.6 Å². The number of amides is 2. The second-order valence-electron chi connectivity index (χ2n) is 8.35. The van der Waals surface area contributed by atoms with E-state index in [-0.39, 0.29) is 17.2 Å². The molecule has 2 amide bonds. The maximum absolute atomic E-state index is 13.1. The Morgan fingerprint density at radius 3 is 2.30 bits per heavy atom. The van der Waals surface area contributed by atoms with Crippen LogP contribution in [0.3, 0.4) is 0 Å². The summed E-state index contributed by atoms with van der Waals surface area (Å²) in [5.74, 6) is 0.184. The van der Waals surface area contributed by atoms with Gasteiger partial charge in [-0.3, -0.25) is 9.59 Å². The minimum Gasteiger partial charge on any atom is -0.367 e. The molecule has 0 spiro atoms. The Labute approximate surface area is 161 Å². The molecule has 0 atom stereocenters. The average molecular weight is 367 g/mol. The van der Waals surface area contributed by atoms with Crippen LogP contribution in [0.4, 0.5) is 0 Å². The van der Waals surface area contributed by atoms with E-state index in [2.05, 4.69) is 31.8 Å². The van der Waals surface area contributed by atoms with Crippen molar-refractivity contribution in [3.63, 3.8) is 0 Å². The Bertz CT molecular complexity index is 811. The van der Waals surface area contributed by atoms with Crippen LogP contribution >= 0.6 is 0 Å². The molecule has 1 aromatic carbocycles. The van der Waals surface area contributed by atoms with E-state index in [4.69, 9.17) is 0 Å². The molecule has 1 N–H and O–H groups in total. The van der Waals surface area contributed by atoms with Gasteiger partial charge in [-0.05, 0) is 41.2 Å². The van der Waals surface area contributed by atoms with Gasteiger partial charge in [0.15, 0.2) is 0 Å². The van der Waals surface area contributed by atoms with Gasteiger partial charge in [0, 0.05) is 44.1 Å². The van der Waals surface area contributed by atoms with Gasteiger partial charge in [0.1, 0.15) is 0 Å². The molecule has 5 nitrogen and oxygen atoms in total. The number of rotatable bonds is 3. The first kappa shape index (κ1) is 19.2. The highest BCUT2D eigenvalue weighted by Gasteiger charge is 2.26. The van der Waals surface area contributed by atoms with Crippen LogP contribution in [0.25, 0.3) is 0 Å². The van der Waals surface area contributed by atoms with Crippen LogP contribution in [0.15, 0.2) is 36.7 Å². The maximum atomic E-state index is 13.1. The van der Waals surface area contributed by atoms with Gasteiger partial charge in [0.2, 0.25) is 5.91 Å². The third-order valence-electron chi connectivity index (χ3n) is 5.27. The lowest BCUT2D eigenvalue weighted by Crippen LogP contribution is -2.51. The number of H-pyrrole nitrogens is 1. The largest absolute Gasteiger partial charge is 0.367 e. The molecule has 5 heteroatoms. The van der Waals surface area contributed by atoms with E-state index in [1.165, 1.54) is 0 Å². The van der Waals surface area contributed by atoms with Crippen molar-refractivity contribution in [1.82, 2.24) is 14.8 Å². The summed E-state index contributed by atoms with van der Waals surface area (Å²) in [4.78, 5) is 32.2. The summed E-state index contributed by atoms with van der Waals surface area (Å²) in [6.07, 6.45) is 4.08. The summed E-state index contributed by atoms with van der Waals surface area (Å²) in [5, 5.41) is 0. The Morgan fingerprint density at radius 1 is 1.04 bits per heavy atom. The fourth-order valence-corrected chi connectivity index (χ4v) is 3.40. The molecule has 0 saturated carbocycles. The van der Waals surface area contributed by atoms with Gasteiger partial charge in [-0.1, -0.05) is 32.9 Å². The molecule has 0 radical (unpaired) electrons. The lowest BCUT2D eigenvalue weighted by atomic mass is 9.85. The quantitative estimate of drug-likeness (QED) is 0.906. The SMILES string of the molecule is Cc1ccc(C(C)(C)C)cc1C(=O)N1CCN(C(=O)Cc2cc[nH]c2)CC1. The Balaban J connectivity index is 1.64. The Kier molecular flexibility index (Phi) is 5.40. The third kappa shape index (κ3) is 4.41. The van der Waals surface area contributed by atoms with Crippen molar-refractivity contribution < 1.29 is 9.59 Å². The molecule has 1 aromatic heterocycles. The molecule has 1 fully saturated rings. The number of hydrogen-bond acceptors (Lipinski definition) is 2. The summed E-state index contributed by atoms with van der Waals surface area (Å²) in [6.45, 7) is 10.8. The lowest BCUT2D eigenvalue weighted by molar-refractivity contribution is -0.131. The third-order valence-corrected chi connectivity index (χ3v) is 5.27. The first-order valence-electron chi connectivity index (χ1n) is 9.55. The van der Waals surface area contributed by atoms with E-state index < -0.39 is 0 Å². The monoisotopic (exact) mass is 367 g/mol. The van der Waals surface area contributed by atoms with Crippen molar-refractivity contribution in [3.05, 3.63) is 58.9 Å². The number of carbonyl (C=O) groups excluding carboxylic acids is 2. The van der Waals surface area contributed by atoms with Crippen molar-refractivity contribution in [2.75, 3.05) is 26.2 Å². The molecular weight excluding hydrogens is 338 g/mol. The van der Waals surface area contributed by atoms with Gasteiger partial charge in [-0.15, -0.1) is 0 Å². The van der Waals surface area contributed by atoms with Gasteiger partial charge < -0.3 is 14.8 Å². The van der Waals surface area contributed by atoms with E-state index in [0.29, 0.717) is 32.6 Å². The Hall–Kier alpha value is -2.56. The number of aromatic nitrogens is 1. The zero-order chi connectivity index (χ0) is 19.6. The van der Waals surface area contributed by atoms with Crippen molar-refractivity contribution in [1.29, 1.82) is 0 Å². The lowest BCUT2D eigenvalue weighted by Gasteiger charge is -2.35. The molecule has 0 unspecified atom stereocenters. The van der Waals surface area contributed by atoms with Gasteiger partial charge in [-0.2, -0.15) is 0 Å². The predicted molar refractivity (Wildman–Crippen MR) is 107 cm³/mol. The molecule has 2 heterocycles. The minimum absolute atomic E-state index is 0.00603. The summed E-state index contributed by atoms with van der Waals surface area (Å²) >= 11 is 0. The van der Waals surface area contributed by atoms with Crippen molar-refractivity contribution in [2.45, 2.75) is 39.5 Å². The second kappa shape index (κ2) is 7.59. The van der Waals surface area contributed by atoms with Crippen LogP contribution in [0.1, 0.15) is 47.8 Å². The van der Waals surface area contributed by atoms with Crippen LogP contribution < -0.4 is 0 Å². The summed E-state index contributed by atoms with van der Waals surface area (Å²) < 4.78 is 0. The number of benzene rings is 1. The van der Waals surface area contributed by atoms with E-state index in [1.807, 2.05) is 47.3 Å². The molecule has 144 valence electrons. The molecule has 1 aliphatic heterocycles. The predicted octanol–water partition coefficient (Wildman–Crippen LogP) is 3.15. The first-order chi connectivity index (χ1) is 12.8. The smallest absolute Gasteiger partial charge is 0.254 e. The summed E-state index contributed by atoms with van der Waals surface area (Å²) in [6, 6.07) is 8.08. The van der Waals surface area contributed by atoms with E-state index >= 15 is 0 Å². The average Bonchev–Trinajstić information content (AvgIpc) is 3.13. The summed E-state index contributed by atoms with van der Waals surface area (Å²) in [7, 11) is 0. The molecule has 27 heavy (non-hydrogen) atoms. The highest BCUT2D eigenvalue weighted by atomic mass is 16.2. The molecular formula is C22H29N3O2. The number of aryl methyl sites for hydroxylation is 1. The normalized spacial score (nSPS) is 15.1. The molecule has 3 rings (SSSR count). The number of nitrogens with one attached hydrogen (secondary N) is 1. The molecule has 2 aromatic rings. The highest BCUT2D eigenvalue weighted by molar-refractivity contribution is 5.96. The van der Waals surface area contributed by atoms with Crippen LogP contribution in [0.5, 0.6) is 0 Å². The van der Waals surface area contributed by atoms with E-state index in [1.54, 1.807) is 0 Å². The first-order valence-corrected chi connectivity index (χ1v) is 9.55. The van der Waals surface area contributed by atoms with Crippen molar-refractivity contribution in [3.8, 4) is 0 Å². The summed E-state index contributed by atoms with van der Waals surface area (Å²) in [5.41, 5.74) is 3.94. The zero-order valence-corrected chi connectivity index (χ0v) is 16.7. The zero-order valence-electron chi connectivity index (χ0n) is 16.7. The van der Waals surface area contributed by atoms with Crippen molar-refractivity contribution >= 4 is 11.8 Å². The number of hydrogen-bond donors (Lipinski definition) is 1. The number of carbonyl (C=O) groups is 2. The van der Waals surface area contributed by atoms with Crippen molar-refractivity contribution in [2.24, 2.45) is 0 Å². The highest BCUT2D eigenvalue weighted by Crippen LogP contribution is 2.25. The van der Waals surface area contributed by atoms with Gasteiger partial charge in [0.05, 0.1) is 6.42 Å². The van der Waals surface area contributed by atoms with Gasteiger partial charge in [0.25, 0.3) is 5.91 Å². The fraction of sp³-hybridized carbons (Fsp3) is 0.455. The minimum atomic E-state index is 0.00603.